The number of hydrogen-bond acceptors (Lipinski definition) is 5. The zero-order valence-electron chi connectivity index (χ0n) is 12.1. The molecular weight excluding hydrogens is 288 g/mol. The van der Waals surface area contributed by atoms with Gasteiger partial charge < -0.3 is 12.7 Å². The second kappa shape index (κ2) is 7.30. The molecule has 17 heavy (non-hydrogen) atoms. The highest BCUT2D eigenvalue weighted by Gasteiger charge is 2.29. The zero-order chi connectivity index (χ0) is 13.7. The lowest BCUT2D eigenvalue weighted by Gasteiger charge is -2.26. The molecule has 1 unspecified atom stereocenters. The van der Waals surface area contributed by atoms with Gasteiger partial charge in [0.05, 0.1) is 0 Å². The molecule has 0 fully saturated rings. The molecule has 0 rings (SSSR count). The van der Waals surface area contributed by atoms with Gasteiger partial charge in [0.15, 0.2) is 0 Å². The summed E-state index contributed by atoms with van der Waals surface area (Å²) in [5.74, 6) is 0. The summed E-state index contributed by atoms with van der Waals surface area (Å²) in [6.07, 6.45) is 0. The highest BCUT2D eigenvalue weighted by molar-refractivity contribution is 6.73. The molecule has 103 valence electrons. The molecule has 0 spiro atoms. The van der Waals surface area contributed by atoms with E-state index in [4.69, 9.17) is 21.8 Å². The molecule has 0 aromatic rings. The van der Waals surface area contributed by atoms with E-state index in [1.54, 1.807) is 7.11 Å². The molecule has 0 N–H and O–H groups in total. The first-order chi connectivity index (χ1) is 7.56. The molecule has 0 aliphatic rings. The summed E-state index contributed by atoms with van der Waals surface area (Å²) < 4.78 is 27.5. The van der Waals surface area contributed by atoms with Crippen LogP contribution < -0.4 is 0 Å². The molecule has 0 aromatic heterocycles. The van der Waals surface area contributed by atoms with Gasteiger partial charge >= 0.3 is 27.1 Å². The summed E-state index contributed by atoms with van der Waals surface area (Å²) in [7, 11) is -5.05. The first kappa shape index (κ1) is 17.7. The second-order valence-corrected chi connectivity index (χ2v) is 16.9. The molecule has 0 aliphatic carbocycles. The van der Waals surface area contributed by atoms with Gasteiger partial charge in [0.2, 0.25) is 8.32 Å². The summed E-state index contributed by atoms with van der Waals surface area (Å²) in [5.41, 5.74) is 0. The van der Waals surface area contributed by atoms with E-state index < -0.39 is 35.4 Å². The second-order valence-electron chi connectivity index (χ2n) is 5.18. The van der Waals surface area contributed by atoms with E-state index in [1.807, 2.05) is 26.2 Å². The maximum atomic E-state index is 5.82. The Hall–Kier alpha value is 0.668. The Bertz CT molecular complexity index is 220. The molecule has 0 aromatic carbocycles. The minimum atomic E-state index is -2.00. The molecule has 0 saturated carbocycles. The van der Waals surface area contributed by atoms with Crippen LogP contribution in [-0.2, 0) is 21.8 Å². The van der Waals surface area contributed by atoms with Crippen LogP contribution in [-0.4, -0.2) is 42.6 Å². The van der Waals surface area contributed by atoms with Gasteiger partial charge in [-0.1, -0.05) is 0 Å². The highest BCUT2D eigenvalue weighted by Crippen LogP contribution is 2.09. The standard InChI is InChI=1S/C8H25O5Si4/c1-9-17(7,8)13-15(3)12-14(2)10-11-16(4,5)6/h15H,1-8H3. The lowest BCUT2D eigenvalue weighted by atomic mass is 11.8. The van der Waals surface area contributed by atoms with Gasteiger partial charge in [-0.2, -0.15) is 0 Å². The fourth-order valence-electron chi connectivity index (χ4n) is 0.909. The van der Waals surface area contributed by atoms with Crippen molar-refractivity contribution >= 4 is 35.4 Å². The third-order valence-electron chi connectivity index (χ3n) is 1.68. The smallest absolute Gasteiger partial charge is 0.408 e. The number of rotatable bonds is 8. The normalized spacial score (nSPS) is 15.4. The summed E-state index contributed by atoms with van der Waals surface area (Å²) in [4.78, 5) is 0. The average molecular weight is 314 g/mol. The van der Waals surface area contributed by atoms with Crippen molar-refractivity contribution in [3.8, 4) is 0 Å². The van der Waals surface area contributed by atoms with Crippen molar-refractivity contribution in [2.75, 3.05) is 7.11 Å². The van der Waals surface area contributed by atoms with Gasteiger partial charge in [-0.05, 0) is 45.8 Å². The van der Waals surface area contributed by atoms with E-state index in [1.165, 1.54) is 0 Å². The Morgan fingerprint density at radius 2 is 1.59 bits per heavy atom. The number of hydrogen-bond donors (Lipinski definition) is 0. The third-order valence-corrected chi connectivity index (χ3v) is 9.99. The monoisotopic (exact) mass is 313 g/mol. The highest BCUT2D eigenvalue weighted by atomic mass is 28.4. The molecule has 1 atom stereocenters. The van der Waals surface area contributed by atoms with Crippen molar-refractivity contribution in [1.29, 1.82) is 0 Å². The molecule has 0 bridgehead atoms. The molecule has 0 amide bonds. The molecule has 5 nitrogen and oxygen atoms in total. The van der Waals surface area contributed by atoms with E-state index in [0.29, 0.717) is 0 Å². The van der Waals surface area contributed by atoms with Crippen molar-refractivity contribution < 1.29 is 21.8 Å². The molecule has 0 saturated heterocycles. The van der Waals surface area contributed by atoms with Gasteiger partial charge in [-0.15, -0.1) is 0 Å². The minimum absolute atomic E-state index is 1.39. The van der Waals surface area contributed by atoms with Crippen LogP contribution in [0.2, 0.25) is 45.8 Å². The third kappa shape index (κ3) is 10.3. The zero-order valence-corrected chi connectivity index (χ0v) is 16.3. The van der Waals surface area contributed by atoms with E-state index in [9.17, 15) is 0 Å². The maximum absolute atomic E-state index is 5.82. The van der Waals surface area contributed by atoms with Crippen LogP contribution in [0.15, 0.2) is 0 Å². The van der Waals surface area contributed by atoms with Crippen molar-refractivity contribution in [2.45, 2.75) is 45.8 Å². The van der Waals surface area contributed by atoms with Crippen LogP contribution in [0.4, 0.5) is 0 Å². The van der Waals surface area contributed by atoms with Gasteiger partial charge in [0.25, 0.3) is 0 Å². The van der Waals surface area contributed by atoms with Gasteiger partial charge in [0, 0.05) is 7.11 Å². The van der Waals surface area contributed by atoms with Crippen molar-refractivity contribution in [3.63, 3.8) is 0 Å². The van der Waals surface area contributed by atoms with Gasteiger partial charge in [-0.25, -0.2) is 0 Å². The van der Waals surface area contributed by atoms with E-state index in [0.717, 1.165) is 0 Å². The fraction of sp³-hybridized carbons (Fsp3) is 1.00. The van der Waals surface area contributed by atoms with E-state index >= 15 is 0 Å². The Morgan fingerprint density at radius 1 is 1.06 bits per heavy atom. The first-order valence-electron chi connectivity index (χ1n) is 5.64. The summed E-state index contributed by atoms with van der Waals surface area (Å²) in [5, 5.41) is 0. The Labute approximate surface area is 110 Å². The Kier molecular flexibility index (Phi) is 7.59. The van der Waals surface area contributed by atoms with Crippen molar-refractivity contribution in [2.24, 2.45) is 0 Å². The minimum Gasteiger partial charge on any atom is -0.418 e. The fourth-order valence-corrected chi connectivity index (χ4v) is 8.61. The average Bonchev–Trinajstić information content (AvgIpc) is 2.12. The lowest BCUT2D eigenvalue weighted by Crippen LogP contribution is -2.43. The van der Waals surface area contributed by atoms with Crippen molar-refractivity contribution in [1.82, 2.24) is 0 Å². The molecule has 1 radical (unpaired) electrons. The quantitative estimate of drug-likeness (QED) is 0.390. The summed E-state index contributed by atoms with van der Waals surface area (Å²) in [6.45, 7) is 14.1. The summed E-state index contributed by atoms with van der Waals surface area (Å²) >= 11 is 0. The Balaban J connectivity index is 3.92. The maximum Gasteiger partial charge on any atom is 0.408 e. The van der Waals surface area contributed by atoms with E-state index in [-0.39, 0.29) is 0 Å². The predicted octanol–water partition coefficient (Wildman–Crippen LogP) is 2.12. The van der Waals surface area contributed by atoms with Crippen LogP contribution in [0.5, 0.6) is 0 Å². The van der Waals surface area contributed by atoms with Crippen LogP contribution >= 0.6 is 0 Å². The van der Waals surface area contributed by atoms with Crippen LogP contribution in [0.1, 0.15) is 0 Å². The van der Waals surface area contributed by atoms with Crippen LogP contribution in [0.25, 0.3) is 0 Å². The van der Waals surface area contributed by atoms with E-state index in [2.05, 4.69) is 19.6 Å². The molecule has 0 heterocycles. The topological polar surface area (TPSA) is 46.2 Å². The molecular formula is C8H25O5Si4. The Morgan fingerprint density at radius 3 is 2.00 bits per heavy atom. The van der Waals surface area contributed by atoms with Gasteiger partial charge in [-0.3, -0.25) is 9.15 Å². The SMILES string of the molecule is CO[Si](C)(C)O[SiH](C)O[Si](C)OO[Si](C)(C)C. The summed E-state index contributed by atoms with van der Waals surface area (Å²) in [6, 6.07) is 0. The van der Waals surface area contributed by atoms with Crippen LogP contribution in [0.3, 0.4) is 0 Å². The van der Waals surface area contributed by atoms with Crippen molar-refractivity contribution in [3.05, 3.63) is 0 Å². The first-order valence-corrected chi connectivity index (χ1v) is 15.8. The lowest BCUT2D eigenvalue weighted by molar-refractivity contribution is -0.129. The molecule has 9 heteroatoms. The predicted molar refractivity (Wildman–Crippen MR) is 76.8 cm³/mol. The van der Waals surface area contributed by atoms with Crippen LogP contribution in [0, 0.1) is 0 Å². The van der Waals surface area contributed by atoms with Gasteiger partial charge in [0.1, 0.15) is 0 Å². The molecule has 0 aliphatic heterocycles. The largest absolute Gasteiger partial charge is 0.418 e.